The van der Waals surface area contributed by atoms with Crippen molar-refractivity contribution in [2.45, 2.75) is 12.1 Å². The molecule has 2 amide bonds. The van der Waals surface area contributed by atoms with Crippen LogP contribution in [0.3, 0.4) is 0 Å². The quantitative estimate of drug-likeness (QED) is 0.794. The maximum Gasteiger partial charge on any atom is 0.253 e. The Labute approximate surface area is 118 Å². The van der Waals surface area contributed by atoms with Gasteiger partial charge in [0, 0.05) is 38.7 Å². The Morgan fingerprint density at radius 3 is 2.60 bits per heavy atom. The summed E-state index contributed by atoms with van der Waals surface area (Å²) in [4.78, 5) is 28.0. The Kier molecular flexibility index (Phi) is 3.22. The lowest BCUT2D eigenvalue weighted by Crippen LogP contribution is -2.38. The molecule has 106 valence electrons. The summed E-state index contributed by atoms with van der Waals surface area (Å²) in [6, 6.07) is 9.32. The van der Waals surface area contributed by atoms with Crippen molar-refractivity contribution in [1.82, 2.24) is 9.80 Å². The molecule has 0 unspecified atom stereocenters. The van der Waals surface area contributed by atoms with Crippen LogP contribution in [0.2, 0.25) is 0 Å². The summed E-state index contributed by atoms with van der Waals surface area (Å²) in [5, 5.41) is 0. The zero-order valence-electron chi connectivity index (χ0n) is 11.7. The lowest BCUT2D eigenvalue weighted by atomic mass is 10.0. The zero-order valence-corrected chi connectivity index (χ0v) is 11.7. The van der Waals surface area contributed by atoms with Gasteiger partial charge < -0.3 is 14.5 Å². The van der Waals surface area contributed by atoms with Gasteiger partial charge in [-0.15, -0.1) is 0 Å². The second-order valence-electron chi connectivity index (χ2n) is 5.41. The smallest absolute Gasteiger partial charge is 0.253 e. The van der Waals surface area contributed by atoms with Gasteiger partial charge in [0.05, 0.1) is 6.04 Å². The number of likely N-dealkylation sites (N-methyl/N-ethyl adjacent to an activating group) is 1. The number of benzene rings is 1. The fraction of sp³-hybridized carbons (Fsp3) is 0.467. The third-order valence-corrected chi connectivity index (χ3v) is 4.37. The second kappa shape index (κ2) is 4.90. The van der Waals surface area contributed by atoms with E-state index < -0.39 is 6.10 Å². The van der Waals surface area contributed by atoms with Crippen LogP contribution in [0.4, 0.5) is 0 Å². The Bertz CT molecular complexity index is 531. The molecule has 3 rings (SSSR count). The number of methoxy groups -OCH3 is 1. The fourth-order valence-electron chi connectivity index (χ4n) is 3.27. The lowest BCUT2D eigenvalue weighted by molar-refractivity contribution is -0.136. The number of nitrogens with zero attached hydrogens (tertiary/aromatic N) is 2. The van der Waals surface area contributed by atoms with Crippen molar-refractivity contribution in [2.75, 3.05) is 27.2 Å². The molecule has 0 spiro atoms. The number of carbonyl (C=O) groups is 2. The molecule has 0 radical (unpaired) electrons. The number of hydrogen-bond donors (Lipinski definition) is 0. The standard InChI is InChI=1S/C15H18N2O3/c1-16-12-9-17(8-11(12)13(20-2)15(16)19)14(18)10-6-4-3-5-7-10/h3-7,11-13H,8-9H2,1-2H3/t11-,12+,13-/m0/s1. The van der Waals surface area contributed by atoms with E-state index in [1.165, 1.54) is 0 Å². The summed E-state index contributed by atoms with van der Waals surface area (Å²) in [5.74, 6) is 0.121. The highest BCUT2D eigenvalue weighted by Crippen LogP contribution is 2.33. The van der Waals surface area contributed by atoms with Crippen molar-refractivity contribution in [1.29, 1.82) is 0 Å². The maximum absolute atomic E-state index is 12.4. The molecule has 1 aromatic carbocycles. The van der Waals surface area contributed by atoms with Gasteiger partial charge >= 0.3 is 0 Å². The highest BCUT2D eigenvalue weighted by atomic mass is 16.5. The molecule has 2 fully saturated rings. The summed E-state index contributed by atoms with van der Waals surface area (Å²) in [6.07, 6.45) is -0.418. The number of hydrogen-bond acceptors (Lipinski definition) is 3. The fourth-order valence-corrected chi connectivity index (χ4v) is 3.27. The van der Waals surface area contributed by atoms with Crippen LogP contribution in [-0.2, 0) is 9.53 Å². The van der Waals surface area contributed by atoms with Crippen LogP contribution in [-0.4, -0.2) is 61.0 Å². The van der Waals surface area contributed by atoms with Crippen LogP contribution in [0.1, 0.15) is 10.4 Å². The molecule has 0 bridgehead atoms. The monoisotopic (exact) mass is 274 g/mol. The van der Waals surface area contributed by atoms with E-state index in [2.05, 4.69) is 0 Å². The first-order chi connectivity index (χ1) is 9.63. The molecule has 2 aliphatic rings. The van der Waals surface area contributed by atoms with Crippen LogP contribution in [0.15, 0.2) is 30.3 Å². The van der Waals surface area contributed by atoms with Gasteiger partial charge in [0.2, 0.25) is 0 Å². The van der Waals surface area contributed by atoms with Crippen LogP contribution < -0.4 is 0 Å². The van der Waals surface area contributed by atoms with Crippen molar-refractivity contribution in [3.05, 3.63) is 35.9 Å². The number of ether oxygens (including phenoxy) is 1. The van der Waals surface area contributed by atoms with Gasteiger partial charge in [0.1, 0.15) is 6.10 Å². The van der Waals surface area contributed by atoms with E-state index in [0.29, 0.717) is 18.7 Å². The van der Waals surface area contributed by atoms with E-state index in [-0.39, 0.29) is 23.8 Å². The highest BCUT2D eigenvalue weighted by Gasteiger charge is 2.52. The second-order valence-corrected chi connectivity index (χ2v) is 5.41. The van der Waals surface area contributed by atoms with Crippen LogP contribution in [0.25, 0.3) is 0 Å². The lowest BCUT2D eigenvalue weighted by Gasteiger charge is -2.21. The molecule has 2 saturated heterocycles. The Hall–Kier alpha value is -1.88. The molecular weight excluding hydrogens is 256 g/mol. The van der Waals surface area contributed by atoms with Crippen molar-refractivity contribution < 1.29 is 14.3 Å². The third-order valence-electron chi connectivity index (χ3n) is 4.37. The minimum Gasteiger partial charge on any atom is -0.371 e. The summed E-state index contributed by atoms with van der Waals surface area (Å²) in [5.41, 5.74) is 0.690. The van der Waals surface area contributed by atoms with Gasteiger partial charge in [0.25, 0.3) is 11.8 Å². The predicted molar refractivity (Wildman–Crippen MR) is 73.2 cm³/mol. The summed E-state index contributed by atoms with van der Waals surface area (Å²) in [6.45, 7) is 1.16. The van der Waals surface area contributed by atoms with E-state index in [9.17, 15) is 9.59 Å². The predicted octanol–water partition coefficient (Wildman–Crippen LogP) is 0.614. The van der Waals surface area contributed by atoms with Crippen LogP contribution in [0.5, 0.6) is 0 Å². The normalized spacial score (nSPS) is 28.9. The maximum atomic E-state index is 12.4. The Balaban J connectivity index is 1.78. The van der Waals surface area contributed by atoms with Crippen LogP contribution >= 0.6 is 0 Å². The summed E-state index contributed by atoms with van der Waals surface area (Å²) in [7, 11) is 3.34. The van der Waals surface area contributed by atoms with E-state index in [0.717, 1.165) is 0 Å². The zero-order chi connectivity index (χ0) is 14.3. The van der Waals surface area contributed by atoms with Crippen molar-refractivity contribution in [3.8, 4) is 0 Å². The average Bonchev–Trinajstić information content (AvgIpc) is 3.00. The highest BCUT2D eigenvalue weighted by molar-refractivity contribution is 5.95. The molecule has 0 aromatic heterocycles. The molecule has 20 heavy (non-hydrogen) atoms. The summed E-state index contributed by atoms with van der Waals surface area (Å²) >= 11 is 0. The third kappa shape index (κ3) is 1.89. The van der Waals surface area contributed by atoms with Gasteiger partial charge in [-0.05, 0) is 12.1 Å². The van der Waals surface area contributed by atoms with Gasteiger partial charge in [0.15, 0.2) is 0 Å². The minimum absolute atomic E-state index is 0.0225. The number of likely N-dealkylation sites (tertiary alicyclic amines) is 2. The molecule has 5 heteroatoms. The van der Waals surface area contributed by atoms with Crippen LogP contribution in [0, 0.1) is 5.92 Å². The molecule has 0 saturated carbocycles. The Morgan fingerprint density at radius 2 is 1.95 bits per heavy atom. The van der Waals surface area contributed by atoms with E-state index in [1.807, 2.05) is 35.2 Å². The topological polar surface area (TPSA) is 49.9 Å². The first kappa shape index (κ1) is 13.1. The largest absolute Gasteiger partial charge is 0.371 e. The van der Waals surface area contributed by atoms with E-state index in [4.69, 9.17) is 4.74 Å². The molecule has 2 aliphatic heterocycles. The van der Waals surface area contributed by atoms with Crippen molar-refractivity contribution in [2.24, 2.45) is 5.92 Å². The number of rotatable bonds is 2. The SMILES string of the molecule is CO[C@@H]1C(=O)N(C)[C@@H]2CN(C(=O)c3ccccc3)C[C@H]12. The molecule has 0 aliphatic carbocycles. The van der Waals surface area contributed by atoms with Gasteiger partial charge in [-0.3, -0.25) is 9.59 Å². The number of fused-ring (bicyclic) bond motifs is 1. The molecule has 3 atom stereocenters. The molecular formula is C15H18N2O3. The molecule has 0 N–H and O–H groups in total. The van der Waals surface area contributed by atoms with Crippen molar-refractivity contribution >= 4 is 11.8 Å². The van der Waals surface area contributed by atoms with Crippen molar-refractivity contribution in [3.63, 3.8) is 0 Å². The molecule has 5 nitrogen and oxygen atoms in total. The van der Waals surface area contributed by atoms with Gasteiger partial charge in [-0.2, -0.15) is 0 Å². The minimum atomic E-state index is -0.418. The average molecular weight is 274 g/mol. The van der Waals surface area contributed by atoms with Gasteiger partial charge in [-0.25, -0.2) is 0 Å². The number of carbonyl (C=O) groups excluding carboxylic acids is 2. The first-order valence-corrected chi connectivity index (χ1v) is 6.77. The molecule has 2 heterocycles. The van der Waals surface area contributed by atoms with Gasteiger partial charge in [-0.1, -0.05) is 18.2 Å². The summed E-state index contributed by atoms with van der Waals surface area (Å²) < 4.78 is 5.31. The van der Waals surface area contributed by atoms with E-state index >= 15 is 0 Å². The molecule has 1 aromatic rings. The number of amides is 2. The first-order valence-electron chi connectivity index (χ1n) is 6.77. The Morgan fingerprint density at radius 1 is 1.25 bits per heavy atom. The van der Waals surface area contributed by atoms with E-state index in [1.54, 1.807) is 19.1 Å².